The molecule has 0 aliphatic rings. The summed E-state index contributed by atoms with van der Waals surface area (Å²) in [6, 6.07) is 0.279. The third kappa shape index (κ3) is 2.43. The van der Waals surface area contributed by atoms with E-state index in [2.05, 4.69) is 27.2 Å². The molecule has 2 heterocycles. The minimum absolute atomic E-state index is 0.279. The van der Waals surface area contributed by atoms with Crippen molar-refractivity contribution in [1.82, 2.24) is 20.3 Å². The molecule has 1 atom stereocenters. The molecular formula is C10H14N4S. The van der Waals surface area contributed by atoms with Crippen molar-refractivity contribution in [3.8, 4) is 0 Å². The molecule has 2 aromatic heterocycles. The van der Waals surface area contributed by atoms with E-state index in [1.807, 2.05) is 18.5 Å². The molecule has 4 nitrogen and oxygen atoms in total. The molecule has 0 radical (unpaired) electrons. The molecule has 80 valence electrons. The van der Waals surface area contributed by atoms with Crippen LogP contribution >= 0.6 is 11.3 Å². The number of H-pyrrole nitrogens is 1. The van der Waals surface area contributed by atoms with Crippen LogP contribution in [0.5, 0.6) is 0 Å². The average Bonchev–Trinajstić information content (AvgIpc) is 2.85. The summed E-state index contributed by atoms with van der Waals surface area (Å²) in [5, 5.41) is 6.50. The monoisotopic (exact) mass is 222 g/mol. The highest BCUT2D eigenvalue weighted by molar-refractivity contribution is 7.09. The number of hydrogen-bond acceptors (Lipinski definition) is 4. The lowest BCUT2D eigenvalue weighted by Gasteiger charge is -2.09. The van der Waals surface area contributed by atoms with Gasteiger partial charge in [-0.3, -0.25) is 0 Å². The zero-order valence-corrected chi connectivity index (χ0v) is 9.64. The van der Waals surface area contributed by atoms with E-state index < -0.39 is 0 Å². The van der Waals surface area contributed by atoms with Crippen LogP contribution in [0.1, 0.15) is 29.4 Å². The number of nitrogens with one attached hydrogen (secondary N) is 2. The number of thiazole rings is 1. The fraction of sp³-hybridized carbons (Fsp3) is 0.400. The van der Waals surface area contributed by atoms with Gasteiger partial charge in [-0.1, -0.05) is 0 Å². The number of imidazole rings is 1. The Labute approximate surface area is 92.8 Å². The number of hydrogen-bond donors (Lipinski definition) is 2. The first-order valence-electron chi connectivity index (χ1n) is 4.89. The van der Waals surface area contributed by atoms with Gasteiger partial charge in [-0.25, -0.2) is 9.97 Å². The summed E-state index contributed by atoms with van der Waals surface area (Å²) < 4.78 is 0. The van der Waals surface area contributed by atoms with E-state index in [0.29, 0.717) is 0 Å². The van der Waals surface area contributed by atoms with Gasteiger partial charge in [-0.05, 0) is 13.8 Å². The van der Waals surface area contributed by atoms with Crippen molar-refractivity contribution >= 4 is 11.3 Å². The summed E-state index contributed by atoms with van der Waals surface area (Å²) in [5.41, 5.74) is 2.19. The highest BCUT2D eigenvalue weighted by atomic mass is 32.1. The first-order chi connectivity index (χ1) is 7.27. The third-order valence-corrected chi connectivity index (χ3v) is 3.29. The summed E-state index contributed by atoms with van der Waals surface area (Å²) in [5.74, 6) is 0. The molecule has 2 aromatic rings. The van der Waals surface area contributed by atoms with Gasteiger partial charge in [-0.2, -0.15) is 0 Å². The van der Waals surface area contributed by atoms with Gasteiger partial charge in [0, 0.05) is 23.8 Å². The Morgan fingerprint density at radius 2 is 2.40 bits per heavy atom. The normalized spacial score (nSPS) is 12.9. The van der Waals surface area contributed by atoms with Crippen molar-refractivity contribution in [2.45, 2.75) is 26.4 Å². The van der Waals surface area contributed by atoms with Crippen molar-refractivity contribution in [2.24, 2.45) is 0 Å². The SMILES string of the molecule is Cc1[nH]cnc1CNC(C)c1nccs1. The van der Waals surface area contributed by atoms with Gasteiger partial charge in [0.05, 0.1) is 18.1 Å². The quantitative estimate of drug-likeness (QED) is 0.832. The Kier molecular flexibility index (Phi) is 3.13. The number of aryl methyl sites for hydroxylation is 1. The van der Waals surface area contributed by atoms with Crippen LogP contribution in [-0.4, -0.2) is 15.0 Å². The maximum Gasteiger partial charge on any atom is 0.109 e. The molecule has 5 heteroatoms. The standard InChI is InChI=1S/C10H14N4S/c1-7-9(14-6-13-7)5-12-8(2)10-11-3-4-15-10/h3-4,6,8,12H,5H2,1-2H3,(H,13,14). The fourth-order valence-electron chi connectivity index (χ4n) is 1.35. The predicted molar refractivity (Wildman–Crippen MR) is 60.7 cm³/mol. The minimum atomic E-state index is 0.279. The van der Waals surface area contributed by atoms with Gasteiger partial charge in [0.2, 0.25) is 0 Å². The molecule has 0 aliphatic heterocycles. The Balaban J connectivity index is 1.91. The molecule has 0 aliphatic carbocycles. The molecule has 2 rings (SSSR count). The first-order valence-corrected chi connectivity index (χ1v) is 5.77. The van der Waals surface area contributed by atoms with Crippen LogP contribution < -0.4 is 5.32 Å². The fourth-order valence-corrected chi connectivity index (χ4v) is 2.02. The van der Waals surface area contributed by atoms with E-state index in [9.17, 15) is 0 Å². The van der Waals surface area contributed by atoms with E-state index in [-0.39, 0.29) is 6.04 Å². The predicted octanol–water partition coefficient (Wildman–Crippen LogP) is 2.03. The molecule has 0 fully saturated rings. The van der Waals surface area contributed by atoms with Crippen molar-refractivity contribution < 1.29 is 0 Å². The lowest BCUT2D eigenvalue weighted by atomic mass is 10.3. The van der Waals surface area contributed by atoms with Gasteiger partial charge in [0.1, 0.15) is 5.01 Å². The van der Waals surface area contributed by atoms with Crippen molar-refractivity contribution in [3.63, 3.8) is 0 Å². The minimum Gasteiger partial charge on any atom is -0.348 e. The van der Waals surface area contributed by atoms with Crippen molar-refractivity contribution in [2.75, 3.05) is 0 Å². The van der Waals surface area contributed by atoms with Gasteiger partial charge in [-0.15, -0.1) is 11.3 Å². The van der Waals surface area contributed by atoms with Gasteiger partial charge in [0.15, 0.2) is 0 Å². The second-order valence-corrected chi connectivity index (χ2v) is 4.37. The zero-order valence-electron chi connectivity index (χ0n) is 8.82. The number of aromatic nitrogens is 3. The van der Waals surface area contributed by atoms with Crippen LogP contribution in [0, 0.1) is 6.92 Å². The summed E-state index contributed by atoms with van der Waals surface area (Å²) in [6.45, 7) is 4.91. The highest BCUT2D eigenvalue weighted by Gasteiger charge is 2.08. The zero-order chi connectivity index (χ0) is 10.7. The van der Waals surface area contributed by atoms with Crippen molar-refractivity contribution in [1.29, 1.82) is 0 Å². The van der Waals surface area contributed by atoms with E-state index in [0.717, 1.165) is 22.9 Å². The maximum absolute atomic E-state index is 4.27. The van der Waals surface area contributed by atoms with Crippen LogP contribution in [0.2, 0.25) is 0 Å². The summed E-state index contributed by atoms with van der Waals surface area (Å²) in [4.78, 5) is 11.6. The van der Waals surface area contributed by atoms with E-state index in [1.165, 1.54) is 0 Å². The van der Waals surface area contributed by atoms with Crippen LogP contribution in [0.15, 0.2) is 17.9 Å². The molecule has 0 aromatic carbocycles. The van der Waals surface area contributed by atoms with Crippen molar-refractivity contribution in [3.05, 3.63) is 34.3 Å². The van der Waals surface area contributed by atoms with E-state index in [4.69, 9.17) is 0 Å². The average molecular weight is 222 g/mol. The molecule has 1 unspecified atom stereocenters. The van der Waals surface area contributed by atoms with Gasteiger partial charge in [0.25, 0.3) is 0 Å². The lowest BCUT2D eigenvalue weighted by molar-refractivity contribution is 0.565. The summed E-state index contributed by atoms with van der Waals surface area (Å²) in [6.07, 6.45) is 3.55. The van der Waals surface area contributed by atoms with E-state index >= 15 is 0 Å². The first kappa shape index (κ1) is 10.3. The molecule has 15 heavy (non-hydrogen) atoms. The number of rotatable bonds is 4. The topological polar surface area (TPSA) is 53.6 Å². The molecule has 0 amide bonds. The summed E-state index contributed by atoms with van der Waals surface area (Å²) in [7, 11) is 0. The third-order valence-electron chi connectivity index (χ3n) is 2.33. The second kappa shape index (κ2) is 4.55. The van der Waals surface area contributed by atoms with Gasteiger partial charge < -0.3 is 10.3 Å². The Morgan fingerprint density at radius 3 is 3.00 bits per heavy atom. The molecule has 0 saturated heterocycles. The molecule has 0 saturated carbocycles. The maximum atomic E-state index is 4.27. The van der Waals surface area contributed by atoms with Crippen LogP contribution in [0.25, 0.3) is 0 Å². The smallest absolute Gasteiger partial charge is 0.109 e. The number of nitrogens with zero attached hydrogens (tertiary/aromatic N) is 2. The Hall–Kier alpha value is -1.20. The molecule has 2 N–H and O–H groups in total. The molecular weight excluding hydrogens is 208 g/mol. The number of aromatic amines is 1. The van der Waals surface area contributed by atoms with Crippen LogP contribution in [-0.2, 0) is 6.54 Å². The molecule has 0 spiro atoms. The van der Waals surface area contributed by atoms with Crippen LogP contribution in [0.3, 0.4) is 0 Å². The van der Waals surface area contributed by atoms with Gasteiger partial charge >= 0.3 is 0 Å². The largest absolute Gasteiger partial charge is 0.348 e. The summed E-state index contributed by atoms with van der Waals surface area (Å²) >= 11 is 1.67. The second-order valence-electron chi connectivity index (χ2n) is 3.45. The van der Waals surface area contributed by atoms with E-state index in [1.54, 1.807) is 17.7 Å². The highest BCUT2D eigenvalue weighted by Crippen LogP contribution is 2.15. The molecule has 0 bridgehead atoms. The Morgan fingerprint density at radius 1 is 1.53 bits per heavy atom. The Bertz CT molecular complexity index is 407. The van der Waals surface area contributed by atoms with Crippen LogP contribution in [0.4, 0.5) is 0 Å². The lowest BCUT2D eigenvalue weighted by Crippen LogP contribution is -2.18.